The number of nitrogens with zero attached hydrogens (tertiary/aromatic N) is 2. The normalized spacial score (nSPS) is 16.2. The maximum atomic E-state index is 12.2. The maximum absolute atomic E-state index is 12.2. The van der Waals surface area contributed by atoms with Gasteiger partial charge in [0.1, 0.15) is 5.71 Å². The van der Waals surface area contributed by atoms with E-state index >= 15 is 0 Å². The molecule has 4 N–H and O–H groups in total. The van der Waals surface area contributed by atoms with E-state index in [0.717, 1.165) is 25.2 Å². The molecule has 27 heavy (non-hydrogen) atoms. The fraction of sp³-hybridized carbons (Fsp3) is 0.300. The number of amides is 1. The monoisotopic (exact) mass is 364 g/mol. The summed E-state index contributed by atoms with van der Waals surface area (Å²) < 4.78 is 0. The molecule has 1 aliphatic heterocycles. The van der Waals surface area contributed by atoms with Crippen LogP contribution in [0.25, 0.3) is 0 Å². The summed E-state index contributed by atoms with van der Waals surface area (Å²) in [6.07, 6.45) is 2.66. The van der Waals surface area contributed by atoms with Gasteiger partial charge in [-0.1, -0.05) is 6.07 Å². The quantitative estimate of drug-likeness (QED) is 0.566. The van der Waals surface area contributed by atoms with Gasteiger partial charge in [0.15, 0.2) is 0 Å². The highest BCUT2D eigenvalue weighted by Crippen LogP contribution is 2.22. The summed E-state index contributed by atoms with van der Waals surface area (Å²) >= 11 is 0. The van der Waals surface area contributed by atoms with Crippen molar-refractivity contribution in [1.29, 1.82) is 10.8 Å². The third-order valence-corrected chi connectivity index (χ3v) is 4.69. The Bertz CT molecular complexity index is 818. The minimum Gasteiger partial charge on any atom is -0.370 e. The summed E-state index contributed by atoms with van der Waals surface area (Å²) in [5.74, 6) is -0.500. The first-order valence-electron chi connectivity index (χ1n) is 8.96. The van der Waals surface area contributed by atoms with Gasteiger partial charge >= 0.3 is 0 Å². The summed E-state index contributed by atoms with van der Waals surface area (Å²) in [5.41, 5.74) is 2.23. The second-order valence-corrected chi connectivity index (χ2v) is 6.57. The van der Waals surface area contributed by atoms with Crippen LogP contribution in [0.4, 0.5) is 11.4 Å². The Labute approximate surface area is 158 Å². The van der Waals surface area contributed by atoms with Gasteiger partial charge in [-0.3, -0.25) is 15.2 Å². The van der Waals surface area contributed by atoms with Crippen molar-refractivity contribution >= 4 is 28.7 Å². The molecule has 1 aromatic heterocycles. The van der Waals surface area contributed by atoms with E-state index in [1.165, 1.54) is 0 Å². The molecule has 7 heteroatoms. The molecule has 1 amide bonds. The Kier molecular flexibility index (Phi) is 5.93. The highest BCUT2D eigenvalue weighted by molar-refractivity contribution is 6.45. The number of pyridine rings is 1. The van der Waals surface area contributed by atoms with Gasteiger partial charge < -0.3 is 20.9 Å². The second-order valence-electron chi connectivity index (χ2n) is 6.57. The van der Waals surface area contributed by atoms with E-state index in [1.54, 1.807) is 24.4 Å². The van der Waals surface area contributed by atoms with Crippen LogP contribution >= 0.6 is 0 Å². The van der Waals surface area contributed by atoms with Crippen molar-refractivity contribution in [3.8, 4) is 0 Å². The van der Waals surface area contributed by atoms with Gasteiger partial charge in [-0.2, -0.15) is 0 Å². The zero-order valence-corrected chi connectivity index (χ0v) is 15.3. The molecule has 1 fully saturated rings. The van der Waals surface area contributed by atoms with E-state index in [9.17, 15) is 4.79 Å². The predicted octanol–water partition coefficient (Wildman–Crippen LogP) is 2.30. The third-order valence-electron chi connectivity index (χ3n) is 4.69. The summed E-state index contributed by atoms with van der Waals surface area (Å²) in [6.45, 7) is 1.99. The van der Waals surface area contributed by atoms with Crippen molar-refractivity contribution in [1.82, 2.24) is 10.3 Å². The number of rotatable bonds is 7. The highest BCUT2D eigenvalue weighted by atomic mass is 16.1. The summed E-state index contributed by atoms with van der Waals surface area (Å²) in [4.78, 5) is 18.6. The number of anilines is 2. The fourth-order valence-corrected chi connectivity index (χ4v) is 3.08. The summed E-state index contributed by atoms with van der Waals surface area (Å²) in [6, 6.07) is 13.4. The van der Waals surface area contributed by atoms with Crippen molar-refractivity contribution in [2.24, 2.45) is 0 Å². The number of carbonyl (C=O) groups is 1. The van der Waals surface area contributed by atoms with Crippen molar-refractivity contribution < 1.29 is 4.79 Å². The minimum absolute atomic E-state index is 0.0554. The molecule has 7 nitrogen and oxygen atoms in total. The average molecular weight is 364 g/mol. The van der Waals surface area contributed by atoms with Crippen molar-refractivity contribution in [3.63, 3.8) is 0 Å². The zero-order chi connectivity index (χ0) is 19.2. The van der Waals surface area contributed by atoms with Gasteiger partial charge in [-0.15, -0.1) is 0 Å². The number of hydrogen-bond acceptors (Lipinski definition) is 6. The first-order chi connectivity index (χ1) is 13.1. The zero-order valence-electron chi connectivity index (χ0n) is 15.3. The van der Waals surface area contributed by atoms with E-state index in [1.807, 2.05) is 31.3 Å². The number of likely N-dealkylation sites (N-methyl/N-ethyl adjacent to an activating group) is 1. The van der Waals surface area contributed by atoms with Gasteiger partial charge in [0, 0.05) is 43.1 Å². The lowest BCUT2D eigenvalue weighted by Crippen LogP contribution is -2.29. The fourth-order valence-electron chi connectivity index (χ4n) is 3.08. The molecule has 1 atom stereocenters. The van der Waals surface area contributed by atoms with Crippen LogP contribution in [0.5, 0.6) is 0 Å². The molecule has 1 unspecified atom stereocenters. The maximum Gasteiger partial charge on any atom is 0.269 e. The molecule has 140 valence electrons. The van der Waals surface area contributed by atoms with Crippen molar-refractivity contribution in [3.05, 3.63) is 54.4 Å². The highest BCUT2D eigenvalue weighted by Gasteiger charge is 2.21. The van der Waals surface area contributed by atoms with E-state index in [4.69, 9.17) is 10.8 Å². The number of aromatic nitrogens is 1. The standard InChI is InChI=1S/C20H24N6O/c1-23-15-9-11-26(13-15)16-7-5-14(6-8-16)25-20(27)18(22)12-17(21)19-4-2-3-10-24-19/h2-8,10,15,21-23H,9,11-13H2,1H3,(H,25,27). The Balaban J connectivity index is 1.54. The Morgan fingerprint density at radius 3 is 2.63 bits per heavy atom. The number of carbonyl (C=O) groups excluding carboxylic acids is 1. The minimum atomic E-state index is -0.500. The van der Waals surface area contributed by atoms with E-state index in [-0.39, 0.29) is 17.8 Å². The molecule has 0 aliphatic carbocycles. The van der Waals surface area contributed by atoms with Gasteiger partial charge in [0.2, 0.25) is 0 Å². The predicted molar refractivity (Wildman–Crippen MR) is 108 cm³/mol. The van der Waals surface area contributed by atoms with Gasteiger partial charge in [-0.25, -0.2) is 0 Å². The lowest BCUT2D eigenvalue weighted by atomic mass is 10.1. The van der Waals surface area contributed by atoms with Crippen LogP contribution in [-0.2, 0) is 4.79 Å². The van der Waals surface area contributed by atoms with Crippen LogP contribution in [0.2, 0.25) is 0 Å². The third kappa shape index (κ3) is 4.77. The van der Waals surface area contributed by atoms with Crippen LogP contribution in [0.3, 0.4) is 0 Å². The number of nitrogens with one attached hydrogen (secondary N) is 4. The lowest BCUT2D eigenvalue weighted by Gasteiger charge is -2.19. The van der Waals surface area contributed by atoms with Gasteiger partial charge in [0.25, 0.3) is 5.91 Å². The molecule has 0 saturated carbocycles. The molecular formula is C20H24N6O. The van der Waals surface area contributed by atoms with E-state index < -0.39 is 5.91 Å². The van der Waals surface area contributed by atoms with Crippen molar-refractivity contribution in [2.75, 3.05) is 30.4 Å². The van der Waals surface area contributed by atoms with Crippen LogP contribution in [0.15, 0.2) is 48.7 Å². The van der Waals surface area contributed by atoms with Crippen molar-refractivity contribution in [2.45, 2.75) is 18.9 Å². The molecule has 0 radical (unpaired) electrons. The Morgan fingerprint density at radius 1 is 1.22 bits per heavy atom. The first kappa shape index (κ1) is 18.7. The molecule has 1 aliphatic rings. The largest absolute Gasteiger partial charge is 0.370 e. The molecule has 2 aromatic rings. The number of hydrogen-bond donors (Lipinski definition) is 4. The van der Waals surface area contributed by atoms with E-state index in [2.05, 4.69) is 20.5 Å². The van der Waals surface area contributed by atoms with E-state index in [0.29, 0.717) is 17.4 Å². The van der Waals surface area contributed by atoms with Crippen LogP contribution < -0.4 is 15.5 Å². The second kappa shape index (κ2) is 8.55. The smallest absolute Gasteiger partial charge is 0.269 e. The first-order valence-corrected chi connectivity index (χ1v) is 8.96. The lowest BCUT2D eigenvalue weighted by molar-refractivity contribution is -0.110. The molecule has 3 rings (SSSR count). The van der Waals surface area contributed by atoms with Crippen LogP contribution in [0.1, 0.15) is 18.5 Å². The molecular weight excluding hydrogens is 340 g/mol. The topological polar surface area (TPSA) is 105 Å². The van der Waals surface area contributed by atoms with Gasteiger partial charge in [0.05, 0.1) is 11.4 Å². The number of benzene rings is 1. The molecule has 0 spiro atoms. The summed E-state index contributed by atoms with van der Waals surface area (Å²) in [5, 5.41) is 22.0. The Morgan fingerprint density at radius 2 is 2.00 bits per heavy atom. The molecule has 0 bridgehead atoms. The SMILES string of the molecule is CNC1CCN(c2ccc(NC(=O)C(=N)CC(=N)c3ccccn3)cc2)C1. The summed E-state index contributed by atoms with van der Waals surface area (Å²) in [7, 11) is 1.98. The molecule has 1 aromatic carbocycles. The van der Waals surface area contributed by atoms with Crippen LogP contribution in [-0.4, -0.2) is 48.5 Å². The average Bonchev–Trinajstić information content (AvgIpc) is 3.18. The Hall–Kier alpha value is -3.06. The van der Waals surface area contributed by atoms with Crippen LogP contribution in [0, 0.1) is 10.8 Å². The molecule has 2 heterocycles. The van der Waals surface area contributed by atoms with Gasteiger partial charge in [-0.05, 0) is 49.9 Å². The molecule has 1 saturated heterocycles.